The maximum Gasteiger partial charge on any atom is 0.409 e. The standard InChI is InChI=1S/C9H20N2O4/c1-10(2)5-8-15-9(14)11(3-6-12)4-7-13/h12-13H,3-8H2,1-2H3. The van der Waals surface area contributed by atoms with Gasteiger partial charge in [-0.05, 0) is 14.1 Å². The number of nitrogens with zero attached hydrogens (tertiary/aromatic N) is 2. The number of hydrogen-bond donors (Lipinski definition) is 2. The average Bonchev–Trinajstić information content (AvgIpc) is 2.16. The van der Waals surface area contributed by atoms with Crippen molar-refractivity contribution in [3.05, 3.63) is 0 Å². The Hall–Kier alpha value is -0.850. The number of hydrogen-bond acceptors (Lipinski definition) is 5. The molecule has 0 rings (SSSR count). The van der Waals surface area contributed by atoms with E-state index in [1.807, 2.05) is 19.0 Å². The van der Waals surface area contributed by atoms with Crippen LogP contribution in [-0.2, 0) is 4.74 Å². The van der Waals surface area contributed by atoms with Crippen LogP contribution in [0.5, 0.6) is 0 Å². The van der Waals surface area contributed by atoms with Crippen LogP contribution in [0.2, 0.25) is 0 Å². The number of ether oxygens (including phenoxy) is 1. The molecule has 0 saturated heterocycles. The number of aliphatic hydroxyl groups excluding tert-OH is 2. The van der Waals surface area contributed by atoms with Crippen LogP contribution >= 0.6 is 0 Å². The normalized spacial score (nSPS) is 10.5. The summed E-state index contributed by atoms with van der Waals surface area (Å²) >= 11 is 0. The third-order valence-electron chi connectivity index (χ3n) is 1.76. The van der Waals surface area contributed by atoms with E-state index < -0.39 is 6.09 Å². The molecule has 0 spiro atoms. The number of amides is 1. The highest BCUT2D eigenvalue weighted by atomic mass is 16.6. The van der Waals surface area contributed by atoms with Gasteiger partial charge < -0.3 is 24.7 Å². The average molecular weight is 220 g/mol. The van der Waals surface area contributed by atoms with Gasteiger partial charge in [-0.15, -0.1) is 0 Å². The fraction of sp³-hybridized carbons (Fsp3) is 0.889. The van der Waals surface area contributed by atoms with E-state index in [2.05, 4.69) is 0 Å². The molecule has 0 aliphatic carbocycles. The monoisotopic (exact) mass is 220 g/mol. The minimum absolute atomic E-state index is 0.136. The molecule has 0 saturated carbocycles. The predicted octanol–water partition coefficient (Wildman–Crippen LogP) is -1.03. The molecule has 0 heterocycles. The topological polar surface area (TPSA) is 73.2 Å². The van der Waals surface area contributed by atoms with Crippen LogP contribution in [0.25, 0.3) is 0 Å². The molecule has 0 radical (unpaired) electrons. The van der Waals surface area contributed by atoms with Gasteiger partial charge >= 0.3 is 6.09 Å². The first kappa shape index (κ1) is 14.2. The Balaban J connectivity index is 3.80. The molecule has 0 aromatic rings. The molecular formula is C9H20N2O4. The van der Waals surface area contributed by atoms with Gasteiger partial charge in [-0.25, -0.2) is 4.79 Å². The lowest BCUT2D eigenvalue weighted by Crippen LogP contribution is -2.37. The highest BCUT2D eigenvalue weighted by Crippen LogP contribution is 1.93. The van der Waals surface area contributed by atoms with Crippen LogP contribution in [0.15, 0.2) is 0 Å². The molecule has 6 nitrogen and oxygen atoms in total. The summed E-state index contributed by atoms with van der Waals surface area (Å²) in [5.74, 6) is 0. The second kappa shape index (κ2) is 8.46. The minimum Gasteiger partial charge on any atom is -0.448 e. The van der Waals surface area contributed by atoms with Crippen molar-refractivity contribution in [3.63, 3.8) is 0 Å². The lowest BCUT2D eigenvalue weighted by atomic mass is 10.5. The zero-order valence-corrected chi connectivity index (χ0v) is 9.35. The highest BCUT2D eigenvalue weighted by Gasteiger charge is 2.13. The first-order chi connectivity index (χ1) is 7.11. The summed E-state index contributed by atoms with van der Waals surface area (Å²) in [5, 5.41) is 17.4. The van der Waals surface area contributed by atoms with E-state index in [1.165, 1.54) is 4.90 Å². The van der Waals surface area contributed by atoms with Crippen molar-refractivity contribution in [2.75, 3.05) is 53.6 Å². The van der Waals surface area contributed by atoms with Crippen molar-refractivity contribution in [1.29, 1.82) is 0 Å². The summed E-state index contributed by atoms with van der Waals surface area (Å²) in [4.78, 5) is 14.5. The van der Waals surface area contributed by atoms with Crippen molar-refractivity contribution in [2.45, 2.75) is 0 Å². The van der Waals surface area contributed by atoms with Gasteiger partial charge in [-0.3, -0.25) is 0 Å². The highest BCUT2D eigenvalue weighted by molar-refractivity contribution is 5.67. The molecule has 0 unspecified atom stereocenters. The fourth-order valence-corrected chi connectivity index (χ4v) is 0.943. The first-order valence-electron chi connectivity index (χ1n) is 4.90. The molecule has 0 atom stereocenters. The number of aliphatic hydroxyl groups is 2. The van der Waals surface area contributed by atoms with Gasteiger partial charge in [-0.2, -0.15) is 0 Å². The van der Waals surface area contributed by atoms with Gasteiger partial charge in [0.05, 0.1) is 13.2 Å². The SMILES string of the molecule is CN(C)CCOC(=O)N(CCO)CCO. The van der Waals surface area contributed by atoms with Gasteiger partial charge in [0.25, 0.3) is 0 Å². The van der Waals surface area contributed by atoms with Gasteiger partial charge in [0.2, 0.25) is 0 Å². The van der Waals surface area contributed by atoms with Gasteiger partial charge in [-0.1, -0.05) is 0 Å². The van der Waals surface area contributed by atoms with Gasteiger partial charge in [0.15, 0.2) is 0 Å². The van der Waals surface area contributed by atoms with Crippen LogP contribution in [0.3, 0.4) is 0 Å². The van der Waals surface area contributed by atoms with Crippen molar-refractivity contribution in [3.8, 4) is 0 Å². The molecule has 0 bridgehead atoms. The summed E-state index contributed by atoms with van der Waals surface area (Å²) in [5.41, 5.74) is 0. The number of rotatable bonds is 7. The smallest absolute Gasteiger partial charge is 0.409 e. The first-order valence-corrected chi connectivity index (χ1v) is 4.90. The van der Waals surface area contributed by atoms with E-state index >= 15 is 0 Å². The van der Waals surface area contributed by atoms with Crippen LogP contribution in [0.1, 0.15) is 0 Å². The molecule has 1 amide bonds. The zero-order chi connectivity index (χ0) is 11.7. The maximum atomic E-state index is 11.4. The van der Waals surface area contributed by atoms with E-state index in [4.69, 9.17) is 14.9 Å². The second-order valence-electron chi connectivity index (χ2n) is 3.35. The summed E-state index contributed by atoms with van der Waals surface area (Å²) < 4.78 is 4.94. The molecular weight excluding hydrogens is 200 g/mol. The Morgan fingerprint density at radius 3 is 2.07 bits per heavy atom. The summed E-state index contributed by atoms with van der Waals surface area (Å²) in [6, 6.07) is 0. The van der Waals surface area contributed by atoms with E-state index in [0.29, 0.717) is 13.2 Å². The van der Waals surface area contributed by atoms with Crippen molar-refractivity contribution in [2.24, 2.45) is 0 Å². The van der Waals surface area contributed by atoms with E-state index in [-0.39, 0.29) is 26.3 Å². The van der Waals surface area contributed by atoms with Crippen LogP contribution in [0, 0.1) is 0 Å². The maximum absolute atomic E-state index is 11.4. The Labute approximate surface area is 90.0 Å². The number of carbonyl (C=O) groups is 1. The summed E-state index contributed by atoms with van der Waals surface area (Å²) in [6.45, 7) is 1.05. The lowest BCUT2D eigenvalue weighted by molar-refractivity contribution is 0.0812. The van der Waals surface area contributed by atoms with Gasteiger partial charge in [0, 0.05) is 19.6 Å². The van der Waals surface area contributed by atoms with Crippen LogP contribution in [-0.4, -0.2) is 79.7 Å². The molecule has 0 fully saturated rings. The summed E-state index contributed by atoms with van der Waals surface area (Å²) in [7, 11) is 3.76. The molecule has 0 aliphatic heterocycles. The van der Waals surface area contributed by atoms with Crippen LogP contribution < -0.4 is 0 Å². The number of likely N-dealkylation sites (N-methyl/N-ethyl adjacent to an activating group) is 1. The van der Waals surface area contributed by atoms with Crippen LogP contribution in [0.4, 0.5) is 4.79 Å². The lowest BCUT2D eigenvalue weighted by Gasteiger charge is -2.20. The molecule has 90 valence electrons. The minimum atomic E-state index is -0.500. The van der Waals surface area contributed by atoms with Crippen molar-refractivity contribution in [1.82, 2.24) is 9.80 Å². The van der Waals surface area contributed by atoms with E-state index in [1.54, 1.807) is 0 Å². The molecule has 0 aromatic carbocycles. The zero-order valence-electron chi connectivity index (χ0n) is 9.35. The third-order valence-corrected chi connectivity index (χ3v) is 1.76. The van der Waals surface area contributed by atoms with Gasteiger partial charge in [0.1, 0.15) is 6.61 Å². The van der Waals surface area contributed by atoms with Crippen molar-refractivity contribution < 1.29 is 19.7 Å². The number of carbonyl (C=O) groups excluding carboxylic acids is 1. The Morgan fingerprint density at radius 1 is 1.13 bits per heavy atom. The second-order valence-corrected chi connectivity index (χ2v) is 3.35. The Morgan fingerprint density at radius 2 is 1.67 bits per heavy atom. The molecule has 0 aromatic heterocycles. The Kier molecular flexibility index (Phi) is 7.98. The van der Waals surface area contributed by atoms with Crippen molar-refractivity contribution >= 4 is 6.09 Å². The van der Waals surface area contributed by atoms with E-state index in [0.717, 1.165) is 0 Å². The third kappa shape index (κ3) is 7.12. The molecule has 6 heteroatoms. The molecule has 2 N–H and O–H groups in total. The predicted molar refractivity (Wildman–Crippen MR) is 55.6 cm³/mol. The molecule has 0 aliphatic rings. The Bertz CT molecular complexity index is 169. The molecule has 15 heavy (non-hydrogen) atoms. The largest absolute Gasteiger partial charge is 0.448 e. The summed E-state index contributed by atoms with van der Waals surface area (Å²) in [6.07, 6.45) is -0.500. The fourth-order valence-electron chi connectivity index (χ4n) is 0.943. The quantitative estimate of drug-likeness (QED) is 0.574. The van der Waals surface area contributed by atoms with E-state index in [9.17, 15) is 4.79 Å².